The molecule has 0 bridgehead atoms. The lowest BCUT2D eigenvalue weighted by Gasteiger charge is -2.16. The number of ketones is 1. The van der Waals surface area contributed by atoms with Gasteiger partial charge in [0.25, 0.3) is 0 Å². The molecule has 0 amide bonds. The number of hydrogen-bond donors (Lipinski definition) is 0. The Balaban J connectivity index is 2.14. The van der Waals surface area contributed by atoms with Crippen molar-refractivity contribution >= 4 is 11.8 Å². The van der Waals surface area contributed by atoms with Crippen LogP contribution >= 0.6 is 0 Å². The molecule has 138 valence electrons. The van der Waals surface area contributed by atoms with Gasteiger partial charge in [-0.2, -0.15) is 22.0 Å². The predicted molar refractivity (Wildman–Crippen MR) is 76.9 cm³/mol. The molecule has 0 aliphatic carbocycles. The molecule has 0 saturated heterocycles. The maximum absolute atomic E-state index is 13.9. The first-order valence-corrected chi connectivity index (χ1v) is 7.04. The summed E-state index contributed by atoms with van der Waals surface area (Å²) in [6.45, 7) is -1.10. The number of carbonyl (C=O) groups excluding carboxylic acids is 2. The van der Waals surface area contributed by atoms with Crippen LogP contribution in [-0.2, 0) is 22.3 Å². The van der Waals surface area contributed by atoms with Crippen molar-refractivity contribution in [1.29, 1.82) is 0 Å². The van der Waals surface area contributed by atoms with E-state index in [0.29, 0.717) is 6.07 Å². The van der Waals surface area contributed by atoms with Crippen molar-refractivity contribution in [2.75, 3.05) is 0 Å². The van der Waals surface area contributed by atoms with Gasteiger partial charge in [-0.3, -0.25) is 4.79 Å². The molecule has 9 heteroatoms. The highest BCUT2D eigenvalue weighted by atomic mass is 19.4. The van der Waals surface area contributed by atoms with Crippen LogP contribution in [0.4, 0.5) is 26.3 Å². The van der Waals surface area contributed by atoms with Gasteiger partial charge in [0.1, 0.15) is 12.4 Å². The Morgan fingerprint density at radius 2 is 1.46 bits per heavy atom. The molecular formula is C17H10F6O3. The molecule has 0 atom stereocenters. The first kappa shape index (κ1) is 19.5. The van der Waals surface area contributed by atoms with Crippen molar-refractivity contribution in [2.24, 2.45) is 0 Å². The molecule has 2 rings (SSSR count). The first-order chi connectivity index (χ1) is 12.0. The van der Waals surface area contributed by atoms with E-state index in [-0.39, 0.29) is 0 Å². The van der Waals surface area contributed by atoms with Crippen LogP contribution in [-0.4, -0.2) is 17.7 Å². The number of benzene rings is 2. The molecule has 0 heterocycles. The van der Waals surface area contributed by atoms with Crippen LogP contribution in [0.25, 0.3) is 0 Å². The van der Waals surface area contributed by atoms with Gasteiger partial charge in [0.2, 0.25) is 5.78 Å². The quantitative estimate of drug-likeness (QED) is 0.336. The summed E-state index contributed by atoms with van der Waals surface area (Å²) in [5.41, 5.74) is -2.34. The fourth-order valence-corrected chi connectivity index (χ4v) is 2.03. The van der Waals surface area contributed by atoms with E-state index < -0.39 is 53.0 Å². The molecule has 0 unspecified atom stereocenters. The van der Waals surface area contributed by atoms with E-state index in [4.69, 9.17) is 0 Å². The Bertz CT molecular complexity index is 812. The number of alkyl halides is 5. The van der Waals surface area contributed by atoms with Crippen LogP contribution in [0.15, 0.2) is 48.5 Å². The number of Topliss-reactive ketones (excluding diaryl/α,β-unsaturated/α-hetero) is 1. The summed E-state index contributed by atoms with van der Waals surface area (Å²) in [5, 5.41) is 0. The summed E-state index contributed by atoms with van der Waals surface area (Å²) in [5.74, 6) is -9.67. The molecule has 0 saturated carbocycles. The second-order valence-corrected chi connectivity index (χ2v) is 5.14. The number of esters is 1. The van der Waals surface area contributed by atoms with Gasteiger partial charge in [-0.25, -0.2) is 9.18 Å². The minimum Gasteiger partial charge on any atom is -0.456 e. The van der Waals surface area contributed by atoms with Crippen LogP contribution in [0.5, 0.6) is 0 Å². The Kier molecular flexibility index (Phi) is 5.38. The summed E-state index contributed by atoms with van der Waals surface area (Å²) < 4.78 is 83.2. The van der Waals surface area contributed by atoms with Crippen LogP contribution in [0, 0.1) is 5.82 Å². The van der Waals surface area contributed by atoms with Crippen molar-refractivity contribution in [3.63, 3.8) is 0 Å². The molecular weight excluding hydrogens is 366 g/mol. The third-order valence-electron chi connectivity index (χ3n) is 3.33. The highest BCUT2D eigenvalue weighted by molar-refractivity contribution is 6.13. The van der Waals surface area contributed by atoms with E-state index in [1.807, 2.05) is 0 Å². The number of ether oxygens (including phenoxy) is 1. The fraction of sp³-hybridized carbons (Fsp3) is 0.176. The zero-order valence-electron chi connectivity index (χ0n) is 12.8. The lowest BCUT2D eigenvalue weighted by Crippen LogP contribution is -2.39. The van der Waals surface area contributed by atoms with Crippen LogP contribution in [0.1, 0.15) is 21.5 Å². The van der Waals surface area contributed by atoms with Crippen LogP contribution in [0.2, 0.25) is 0 Å². The smallest absolute Gasteiger partial charge is 0.416 e. The number of rotatable bonds is 5. The minimum absolute atomic E-state index is 0.543. The minimum atomic E-state index is -4.77. The summed E-state index contributed by atoms with van der Waals surface area (Å²) in [4.78, 5) is 23.2. The zero-order valence-corrected chi connectivity index (χ0v) is 12.8. The second kappa shape index (κ2) is 7.19. The SMILES string of the molecule is O=C(OCc1ccccc1C(F)(F)F)C(F)(F)C(=O)c1ccc(F)cc1. The zero-order chi connectivity index (χ0) is 19.5. The average Bonchev–Trinajstić information content (AvgIpc) is 2.59. The van der Waals surface area contributed by atoms with Crippen molar-refractivity contribution < 1.29 is 40.7 Å². The Labute approximate surface area is 143 Å². The van der Waals surface area contributed by atoms with Gasteiger partial charge in [0, 0.05) is 11.1 Å². The Morgan fingerprint density at radius 1 is 0.885 bits per heavy atom. The maximum Gasteiger partial charge on any atom is 0.416 e. The summed E-state index contributed by atoms with van der Waals surface area (Å²) in [7, 11) is 0. The molecule has 0 N–H and O–H groups in total. The fourth-order valence-electron chi connectivity index (χ4n) is 2.03. The molecule has 0 fully saturated rings. The molecule has 2 aromatic carbocycles. The first-order valence-electron chi connectivity index (χ1n) is 7.04. The summed E-state index contributed by atoms with van der Waals surface area (Å²) >= 11 is 0. The molecule has 26 heavy (non-hydrogen) atoms. The van der Waals surface area contributed by atoms with Gasteiger partial charge in [0.15, 0.2) is 0 Å². The topological polar surface area (TPSA) is 43.4 Å². The van der Waals surface area contributed by atoms with E-state index in [1.165, 1.54) is 6.07 Å². The van der Waals surface area contributed by atoms with Crippen LogP contribution in [0.3, 0.4) is 0 Å². The third-order valence-corrected chi connectivity index (χ3v) is 3.33. The Hall–Kier alpha value is -2.84. The van der Waals surface area contributed by atoms with Gasteiger partial charge < -0.3 is 4.74 Å². The average molecular weight is 376 g/mol. The van der Waals surface area contributed by atoms with Crippen molar-refractivity contribution in [3.8, 4) is 0 Å². The summed E-state index contributed by atoms with van der Waals surface area (Å²) in [6.07, 6.45) is -4.77. The largest absolute Gasteiger partial charge is 0.456 e. The van der Waals surface area contributed by atoms with Crippen molar-refractivity contribution in [3.05, 3.63) is 71.0 Å². The number of hydrogen-bond acceptors (Lipinski definition) is 3. The highest BCUT2D eigenvalue weighted by Gasteiger charge is 2.49. The lowest BCUT2D eigenvalue weighted by molar-refractivity contribution is -0.167. The van der Waals surface area contributed by atoms with Gasteiger partial charge in [-0.15, -0.1) is 0 Å². The normalized spacial score (nSPS) is 11.9. The second-order valence-electron chi connectivity index (χ2n) is 5.14. The third kappa shape index (κ3) is 4.22. The van der Waals surface area contributed by atoms with Crippen molar-refractivity contribution in [1.82, 2.24) is 0 Å². The van der Waals surface area contributed by atoms with E-state index in [9.17, 15) is 35.9 Å². The van der Waals surface area contributed by atoms with Crippen molar-refractivity contribution in [2.45, 2.75) is 18.7 Å². The van der Waals surface area contributed by atoms with E-state index in [0.717, 1.165) is 36.4 Å². The highest BCUT2D eigenvalue weighted by Crippen LogP contribution is 2.32. The van der Waals surface area contributed by atoms with Gasteiger partial charge in [-0.05, 0) is 30.3 Å². The maximum atomic E-state index is 13.9. The number of halogens is 6. The van der Waals surface area contributed by atoms with E-state index >= 15 is 0 Å². The summed E-state index contributed by atoms with van der Waals surface area (Å²) in [6, 6.07) is 6.93. The Morgan fingerprint density at radius 3 is 2.04 bits per heavy atom. The van der Waals surface area contributed by atoms with E-state index in [2.05, 4.69) is 4.74 Å². The van der Waals surface area contributed by atoms with Gasteiger partial charge >= 0.3 is 18.1 Å². The van der Waals surface area contributed by atoms with Gasteiger partial charge in [-0.1, -0.05) is 18.2 Å². The molecule has 2 aromatic rings. The lowest BCUT2D eigenvalue weighted by atomic mass is 10.1. The monoisotopic (exact) mass is 376 g/mol. The molecule has 0 radical (unpaired) electrons. The molecule has 0 aromatic heterocycles. The number of carbonyl (C=O) groups is 2. The molecule has 3 nitrogen and oxygen atoms in total. The van der Waals surface area contributed by atoms with Gasteiger partial charge in [0.05, 0.1) is 5.56 Å². The molecule has 0 aliphatic heterocycles. The van der Waals surface area contributed by atoms with Crippen LogP contribution < -0.4 is 0 Å². The molecule has 0 aliphatic rings. The molecule has 0 spiro atoms. The van der Waals surface area contributed by atoms with E-state index in [1.54, 1.807) is 0 Å². The standard InChI is InChI=1S/C17H10F6O3/c18-12-7-5-10(6-8-12)14(24)16(19,20)15(25)26-9-11-3-1-2-4-13(11)17(21,22)23/h1-8H,9H2. The predicted octanol–water partition coefficient (Wildman–Crippen LogP) is 4.41.